The van der Waals surface area contributed by atoms with Crippen molar-refractivity contribution < 1.29 is 14.0 Å². The average Bonchev–Trinajstić information content (AvgIpc) is 3.13. The number of ether oxygens (including phenoxy) is 2. The molecule has 1 aromatic carbocycles. The minimum Gasteiger partial charge on any atom is -0.493 e. The zero-order valence-electron chi connectivity index (χ0n) is 16.4. The van der Waals surface area contributed by atoms with E-state index in [9.17, 15) is 0 Å². The van der Waals surface area contributed by atoms with Crippen LogP contribution in [-0.4, -0.2) is 43.9 Å². The fourth-order valence-electron chi connectivity index (χ4n) is 2.28. The summed E-state index contributed by atoms with van der Waals surface area (Å²) < 4.78 is 15.8. The summed E-state index contributed by atoms with van der Waals surface area (Å²) in [6, 6.07) is 5.61. The Labute approximate surface area is 177 Å². The molecule has 0 saturated heterocycles. The molecule has 0 aliphatic carbocycles. The number of aliphatic imine (C=N–C) groups is 1. The Morgan fingerprint density at radius 2 is 1.96 bits per heavy atom. The van der Waals surface area contributed by atoms with Gasteiger partial charge >= 0.3 is 0 Å². The van der Waals surface area contributed by atoms with E-state index in [-0.39, 0.29) is 29.9 Å². The molecule has 27 heavy (non-hydrogen) atoms. The van der Waals surface area contributed by atoms with Crippen LogP contribution in [0.25, 0.3) is 0 Å². The van der Waals surface area contributed by atoms with Gasteiger partial charge in [0.15, 0.2) is 23.3 Å². The first-order valence-electron chi connectivity index (χ1n) is 8.59. The molecule has 9 heteroatoms. The van der Waals surface area contributed by atoms with Crippen LogP contribution in [0, 0.1) is 0 Å². The molecule has 0 aliphatic heterocycles. The van der Waals surface area contributed by atoms with Crippen molar-refractivity contribution in [2.24, 2.45) is 4.99 Å². The standard InChI is InChI=1S/C18H27N5O3.HI/c1-12(2)17-22-16(26-23-17)7-6-10-20-18(19-3)21-13-8-9-14(24-4)15(11-13)25-5;/h8-9,11-12H,6-7,10H2,1-5H3,(H2,19,20,21);1H. The largest absolute Gasteiger partial charge is 0.493 e. The zero-order valence-corrected chi connectivity index (χ0v) is 18.7. The lowest BCUT2D eigenvalue weighted by molar-refractivity contribution is 0.355. The van der Waals surface area contributed by atoms with E-state index < -0.39 is 0 Å². The van der Waals surface area contributed by atoms with Crippen molar-refractivity contribution >= 4 is 35.6 Å². The van der Waals surface area contributed by atoms with Gasteiger partial charge in [0.25, 0.3) is 0 Å². The molecule has 0 amide bonds. The van der Waals surface area contributed by atoms with E-state index in [2.05, 4.69) is 25.8 Å². The third-order valence-electron chi connectivity index (χ3n) is 3.73. The van der Waals surface area contributed by atoms with Crippen LogP contribution in [0.5, 0.6) is 11.5 Å². The lowest BCUT2D eigenvalue weighted by Gasteiger charge is -2.13. The molecule has 0 saturated carbocycles. The van der Waals surface area contributed by atoms with Crippen LogP contribution < -0.4 is 20.1 Å². The van der Waals surface area contributed by atoms with Crippen molar-refractivity contribution in [2.45, 2.75) is 32.6 Å². The van der Waals surface area contributed by atoms with Gasteiger partial charge < -0.3 is 24.6 Å². The van der Waals surface area contributed by atoms with Gasteiger partial charge in [-0.2, -0.15) is 4.98 Å². The highest BCUT2D eigenvalue weighted by Gasteiger charge is 2.09. The van der Waals surface area contributed by atoms with Crippen molar-refractivity contribution in [1.82, 2.24) is 15.5 Å². The molecule has 2 aromatic rings. The van der Waals surface area contributed by atoms with Crippen molar-refractivity contribution in [3.63, 3.8) is 0 Å². The molecule has 0 atom stereocenters. The van der Waals surface area contributed by atoms with Gasteiger partial charge in [0.2, 0.25) is 5.89 Å². The third kappa shape index (κ3) is 6.89. The molecule has 0 fully saturated rings. The number of methoxy groups -OCH3 is 2. The van der Waals surface area contributed by atoms with E-state index >= 15 is 0 Å². The summed E-state index contributed by atoms with van der Waals surface area (Å²) >= 11 is 0. The Kier molecular flexibility index (Phi) is 9.90. The average molecular weight is 489 g/mol. The van der Waals surface area contributed by atoms with E-state index in [1.54, 1.807) is 21.3 Å². The van der Waals surface area contributed by atoms with Crippen molar-refractivity contribution in [2.75, 3.05) is 33.1 Å². The lowest BCUT2D eigenvalue weighted by atomic mass is 10.2. The third-order valence-corrected chi connectivity index (χ3v) is 3.73. The summed E-state index contributed by atoms with van der Waals surface area (Å²) in [6.45, 7) is 4.81. The van der Waals surface area contributed by atoms with Crippen LogP contribution >= 0.6 is 24.0 Å². The number of benzene rings is 1. The Hall–Kier alpha value is -2.04. The Morgan fingerprint density at radius 3 is 2.56 bits per heavy atom. The van der Waals surface area contributed by atoms with Crippen LogP contribution in [0.15, 0.2) is 27.7 Å². The first-order chi connectivity index (χ1) is 12.6. The zero-order chi connectivity index (χ0) is 18.9. The number of guanidine groups is 1. The van der Waals surface area contributed by atoms with Gasteiger partial charge in [0.05, 0.1) is 14.2 Å². The maximum atomic E-state index is 5.31. The van der Waals surface area contributed by atoms with Crippen LogP contribution in [0.4, 0.5) is 5.69 Å². The summed E-state index contributed by atoms with van der Waals surface area (Å²) in [5.74, 6) is 3.70. The molecule has 0 bridgehead atoms. The molecule has 2 rings (SSSR count). The summed E-state index contributed by atoms with van der Waals surface area (Å²) in [5.41, 5.74) is 0.856. The number of halogens is 1. The highest BCUT2D eigenvalue weighted by atomic mass is 127. The quantitative estimate of drug-likeness (QED) is 0.254. The fraction of sp³-hybridized carbons (Fsp3) is 0.500. The number of nitrogens with one attached hydrogen (secondary N) is 2. The van der Waals surface area contributed by atoms with Gasteiger partial charge in [-0.25, -0.2) is 0 Å². The molecule has 8 nitrogen and oxygen atoms in total. The molecular weight excluding hydrogens is 461 g/mol. The minimum absolute atomic E-state index is 0. The summed E-state index contributed by atoms with van der Waals surface area (Å²) in [4.78, 5) is 8.60. The number of hydrogen-bond donors (Lipinski definition) is 2. The second kappa shape index (κ2) is 11.6. The molecular formula is C18H28IN5O3. The van der Waals surface area contributed by atoms with Crippen molar-refractivity contribution in [3.05, 3.63) is 29.9 Å². The van der Waals surface area contributed by atoms with Gasteiger partial charge in [0.1, 0.15) is 0 Å². The summed E-state index contributed by atoms with van der Waals surface area (Å²) in [6.07, 6.45) is 1.58. The minimum atomic E-state index is 0. The Morgan fingerprint density at radius 1 is 1.22 bits per heavy atom. The molecule has 0 spiro atoms. The monoisotopic (exact) mass is 489 g/mol. The summed E-state index contributed by atoms with van der Waals surface area (Å²) in [7, 11) is 4.94. The molecule has 1 aromatic heterocycles. The number of rotatable bonds is 8. The Bertz CT molecular complexity index is 734. The number of hydrogen-bond acceptors (Lipinski definition) is 6. The van der Waals surface area contributed by atoms with Crippen LogP contribution in [0.1, 0.15) is 37.9 Å². The van der Waals surface area contributed by atoms with Gasteiger partial charge in [0, 0.05) is 37.7 Å². The number of anilines is 1. The SMILES string of the molecule is CN=C(NCCCc1nc(C(C)C)no1)Nc1ccc(OC)c(OC)c1.I. The van der Waals surface area contributed by atoms with E-state index in [0.29, 0.717) is 23.3 Å². The highest BCUT2D eigenvalue weighted by Crippen LogP contribution is 2.29. The predicted molar refractivity (Wildman–Crippen MR) is 117 cm³/mol. The van der Waals surface area contributed by atoms with Crippen molar-refractivity contribution in [3.8, 4) is 11.5 Å². The maximum Gasteiger partial charge on any atom is 0.226 e. The molecule has 150 valence electrons. The van der Waals surface area contributed by atoms with Crippen LogP contribution in [0.3, 0.4) is 0 Å². The molecule has 0 aliphatic rings. The number of nitrogens with zero attached hydrogens (tertiary/aromatic N) is 3. The lowest BCUT2D eigenvalue weighted by Crippen LogP contribution is -2.31. The second-order valence-corrected chi connectivity index (χ2v) is 6.00. The Balaban J connectivity index is 0.00000364. The maximum absolute atomic E-state index is 5.31. The number of aryl methyl sites for hydroxylation is 1. The molecule has 0 unspecified atom stereocenters. The molecule has 1 heterocycles. The topological polar surface area (TPSA) is 93.8 Å². The van der Waals surface area contributed by atoms with Gasteiger partial charge in [-0.15, -0.1) is 24.0 Å². The van der Waals surface area contributed by atoms with E-state index in [4.69, 9.17) is 14.0 Å². The fourth-order valence-corrected chi connectivity index (χ4v) is 2.28. The van der Waals surface area contributed by atoms with E-state index in [1.807, 2.05) is 32.0 Å². The van der Waals surface area contributed by atoms with Gasteiger partial charge in [-0.05, 0) is 18.6 Å². The smallest absolute Gasteiger partial charge is 0.226 e. The molecule has 0 radical (unpaired) electrons. The van der Waals surface area contributed by atoms with Crippen LogP contribution in [0.2, 0.25) is 0 Å². The second-order valence-electron chi connectivity index (χ2n) is 6.00. The predicted octanol–water partition coefficient (Wildman–Crippen LogP) is 3.45. The van der Waals surface area contributed by atoms with Gasteiger partial charge in [-0.3, -0.25) is 4.99 Å². The molecule has 2 N–H and O–H groups in total. The first-order valence-corrected chi connectivity index (χ1v) is 8.59. The van der Waals surface area contributed by atoms with Gasteiger partial charge in [-0.1, -0.05) is 19.0 Å². The summed E-state index contributed by atoms with van der Waals surface area (Å²) in [5, 5.41) is 10.5. The van der Waals surface area contributed by atoms with Crippen molar-refractivity contribution in [1.29, 1.82) is 0 Å². The van der Waals surface area contributed by atoms with E-state index in [0.717, 1.165) is 30.9 Å². The van der Waals surface area contributed by atoms with E-state index in [1.165, 1.54) is 0 Å². The van der Waals surface area contributed by atoms with Crippen LogP contribution in [-0.2, 0) is 6.42 Å². The first kappa shape index (κ1) is 23.0. The number of aromatic nitrogens is 2. The highest BCUT2D eigenvalue weighted by molar-refractivity contribution is 14.0. The normalized spacial score (nSPS) is 11.1.